The highest BCUT2D eigenvalue weighted by molar-refractivity contribution is 7.12. The van der Waals surface area contributed by atoms with Crippen LogP contribution in [-0.2, 0) is 17.6 Å². The molecule has 2 aromatic heterocycles. The second kappa shape index (κ2) is 7.87. The van der Waals surface area contributed by atoms with Crippen molar-refractivity contribution in [2.75, 3.05) is 13.7 Å². The molecule has 1 aliphatic rings. The fourth-order valence-corrected chi connectivity index (χ4v) is 4.18. The van der Waals surface area contributed by atoms with Crippen LogP contribution in [0.25, 0.3) is 16.4 Å². The number of esters is 1. The third-order valence-electron chi connectivity index (χ3n) is 4.70. The summed E-state index contributed by atoms with van der Waals surface area (Å²) in [5.74, 6) is 0.958. The van der Waals surface area contributed by atoms with Crippen molar-refractivity contribution in [2.24, 2.45) is 0 Å². The molecule has 8 heteroatoms. The summed E-state index contributed by atoms with van der Waals surface area (Å²) >= 11 is 1.47. The number of aryl methyl sites for hydroxylation is 1. The average molecular weight is 413 g/mol. The van der Waals surface area contributed by atoms with Gasteiger partial charge < -0.3 is 14.2 Å². The normalized spacial score (nSPS) is 12.4. The number of ether oxygens (including phenoxy) is 3. The number of hydrogen-bond acceptors (Lipinski definition) is 7. The minimum atomic E-state index is -0.408. The molecule has 0 spiro atoms. The van der Waals surface area contributed by atoms with Crippen LogP contribution in [0.15, 0.2) is 23.7 Å². The van der Waals surface area contributed by atoms with Gasteiger partial charge in [-0.25, -0.2) is 14.5 Å². The molecule has 0 saturated carbocycles. The van der Waals surface area contributed by atoms with E-state index in [1.165, 1.54) is 11.3 Å². The van der Waals surface area contributed by atoms with E-state index in [4.69, 9.17) is 14.2 Å². The molecule has 3 aromatic rings. The van der Waals surface area contributed by atoms with Crippen LogP contribution in [0, 0.1) is 0 Å². The zero-order chi connectivity index (χ0) is 20.5. The molecule has 0 amide bonds. The highest BCUT2D eigenvalue weighted by Gasteiger charge is 2.31. The molecule has 0 saturated heterocycles. The van der Waals surface area contributed by atoms with Gasteiger partial charge in [-0.3, -0.25) is 0 Å². The molecular weight excluding hydrogens is 390 g/mol. The number of thiazole rings is 1. The van der Waals surface area contributed by atoms with Gasteiger partial charge in [0.25, 0.3) is 0 Å². The molecule has 0 aliphatic heterocycles. The van der Waals surface area contributed by atoms with Crippen molar-refractivity contribution < 1.29 is 19.0 Å². The molecule has 29 heavy (non-hydrogen) atoms. The Kier molecular flexibility index (Phi) is 5.27. The smallest absolute Gasteiger partial charge is 0.359 e. The first-order valence-corrected chi connectivity index (χ1v) is 10.5. The largest absolute Gasteiger partial charge is 0.493 e. The monoisotopic (exact) mass is 413 g/mol. The lowest BCUT2D eigenvalue weighted by molar-refractivity contribution is 0.0517. The van der Waals surface area contributed by atoms with Gasteiger partial charge in [0, 0.05) is 22.7 Å². The Balaban J connectivity index is 1.94. The number of hydrogen-bond donors (Lipinski definition) is 0. The predicted octanol–water partition coefficient (Wildman–Crippen LogP) is 4.07. The number of carbonyl (C=O) groups is 1. The lowest BCUT2D eigenvalue weighted by Crippen LogP contribution is -2.12. The second-order valence-electron chi connectivity index (χ2n) is 6.95. The average Bonchev–Trinajstić information content (AvgIpc) is 3.35. The number of fused-ring (bicyclic) bond motifs is 3. The van der Waals surface area contributed by atoms with Gasteiger partial charge in [0.2, 0.25) is 5.13 Å². The Hall–Kier alpha value is -2.87. The number of rotatable bonds is 6. The molecule has 0 fully saturated rings. The van der Waals surface area contributed by atoms with Crippen molar-refractivity contribution in [3.05, 3.63) is 40.5 Å². The molecule has 4 rings (SSSR count). The van der Waals surface area contributed by atoms with E-state index in [-0.39, 0.29) is 6.10 Å². The van der Waals surface area contributed by atoms with Crippen LogP contribution in [0.3, 0.4) is 0 Å². The zero-order valence-corrected chi connectivity index (χ0v) is 17.7. The Morgan fingerprint density at radius 3 is 2.76 bits per heavy atom. The van der Waals surface area contributed by atoms with Crippen molar-refractivity contribution in [3.8, 4) is 27.9 Å². The molecule has 1 aliphatic carbocycles. The molecule has 1 aromatic carbocycles. The van der Waals surface area contributed by atoms with Crippen molar-refractivity contribution >= 4 is 17.3 Å². The Bertz CT molecular complexity index is 1040. The van der Waals surface area contributed by atoms with Gasteiger partial charge in [-0.1, -0.05) is 0 Å². The third-order valence-corrected chi connectivity index (χ3v) is 5.45. The van der Waals surface area contributed by atoms with Crippen LogP contribution < -0.4 is 9.47 Å². The third kappa shape index (κ3) is 3.48. The van der Waals surface area contributed by atoms with Gasteiger partial charge in [-0.2, -0.15) is 5.10 Å². The summed E-state index contributed by atoms with van der Waals surface area (Å²) in [5.41, 5.74) is 4.19. The van der Waals surface area contributed by atoms with E-state index in [1.54, 1.807) is 24.9 Å². The summed E-state index contributed by atoms with van der Waals surface area (Å²) in [6.07, 6.45) is 3.19. The number of nitrogens with zero attached hydrogens (tertiary/aromatic N) is 3. The maximum absolute atomic E-state index is 12.6. The molecule has 152 valence electrons. The number of aromatic nitrogens is 3. The quantitative estimate of drug-likeness (QED) is 0.567. The van der Waals surface area contributed by atoms with E-state index in [9.17, 15) is 4.79 Å². The van der Waals surface area contributed by atoms with Crippen LogP contribution in [-0.4, -0.2) is 40.6 Å². The molecule has 0 N–H and O–H groups in total. The van der Waals surface area contributed by atoms with E-state index < -0.39 is 5.97 Å². The van der Waals surface area contributed by atoms with Gasteiger partial charge in [0.15, 0.2) is 17.2 Å². The summed E-state index contributed by atoms with van der Waals surface area (Å²) in [4.78, 5) is 17.0. The number of methoxy groups -OCH3 is 1. The highest BCUT2D eigenvalue weighted by Crippen LogP contribution is 2.43. The van der Waals surface area contributed by atoms with Gasteiger partial charge >= 0.3 is 5.97 Å². The number of carbonyl (C=O) groups excluding carboxylic acids is 1. The SMILES string of the molecule is CCOC(=O)c1nn(-c2nccs2)c2c1CCc1cc(OC)c(OC(C)C)cc1-2. The highest BCUT2D eigenvalue weighted by atomic mass is 32.1. The second-order valence-corrected chi connectivity index (χ2v) is 7.82. The van der Waals surface area contributed by atoms with E-state index in [2.05, 4.69) is 10.1 Å². The summed E-state index contributed by atoms with van der Waals surface area (Å²) < 4.78 is 18.5. The Labute approximate surface area is 173 Å². The molecule has 0 bridgehead atoms. The van der Waals surface area contributed by atoms with Crippen LogP contribution in [0.4, 0.5) is 0 Å². The van der Waals surface area contributed by atoms with E-state index >= 15 is 0 Å². The summed E-state index contributed by atoms with van der Waals surface area (Å²) in [6.45, 7) is 6.04. The molecule has 0 atom stereocenters. The molecular formula is C21H23N3O4S. The van der Waals surface area contributed by atoms with Crippen LogP contribution in [0.2, 0.25) is 0 Å². The topological polar surface area (TPSA) is 75.5 Å². The van der Waals surface area contributed by atoms with E-state index in [0.29, 0.717) is 35.4 Å². The lowest BCUT2D eigenvalue weighted by Gasteiger charge is -2.22. The first kappa shape index (κ1) is 19.4. The first-order chi connectivity index (χ1) is 14.0. The van der Waals surface area contributed by atoms with Crippen LogP contribution >= 0.6 is 11.3 Å². The van der Waals surface area contributed by atoms with Crippen LogP contribution in [0.1, 0.15) is 42.4 Å². The van der Waals surface area contributed by atoms with E-state index in [0.717, 1.165) is 28.8 Å². The minimum Gasteiger partial charge on any atom is -0.493 e. The molecule has 0 unspecified atom stereocenters. The first-order valence-electron chi connectivity index (χ1n) is 9.60. The summed E-state index contributed by atoms with van der Waals surface area (Å²) in [5, 5.41) is 7.19. The summed E-state index contributed by atoms with van der Waals surface area (Å²) in [7, 11) is 1.64. The maximum Gasteiger partial charge on any atom is 0.359 e. The van der Waals surface area contributed by atoms with Crippen LogP contribution in [0.5, 0.6) is 11.5 Å². The zero-order valence-electron chi connectivity index (χ0n) is 16.9. The predicted molar refractivity (Wildman–Crippen MR) is 110 cm³/mol. The maximum atomic E-state index is 12.6. The van der Waals surface area contributed by atoms with Crippen molar-refractivity contribution in [2.45, 2.75) is 39.7 Å². The van der Waals surface area contributed by atoms with Crippen molar-refractivity contribution in [1.29, 1.82) is 0 Å². The summed E-state index contributed by atoms with van der Waals surface area (Å²) in [6, 6.07) is 3.99. The van der Waals surface area contributed by atoms with Crippen molar-refractivity contribution in [1.82, 2.24) is 14.8 Å². The molecule has 7 nitrogen and oxygen atoms in total. The minimum absolute atomic E-state index is 0.00368. The molecule has 2 heterocycles. The van der Waals surface area contributed by atoms with Gasteiger partial charge in [0.1, 0.15) is 0 Å². The fourth-order valence-electron chi connectivity index (χ4n) is 3.58. The Morgan fingerprint density at radius 2 is 2.10 bits per heavy atom. The van der Waals surface area contributed by atoms with Crippen molar-refractivity contribution in [3.63, 3.8) is 0 Å². The number of benzene rings is 1. The molecule has 0 radical (unpaired) electrons. The standard InChI is InChI=1S/C21H23N3O4S/c1-5-27-20(25)18-14-7-6-13-10-16(26-4)17(28-12(2)3)11-15(13)19(14)24(23-18)21-22-8-9-29-21/h8-12H,5-7H2,1-4H3. The van der Waals surface area contributed by atoms with E-state index in [1.807, 2.05) is 31.4 Å². The van der Waals surface area contributed by atoms with Gasteiger partial charge in [0.05, 0.1) is 25.5 Å². The lowest BCUT2D eigenvalue weighted by atomic mass is 9.88. The fraction of sp³-hybridized carbons (Fsp3) is 0.381. The van der Waals surface area contributed by atoms with Gasteiger partial charge in [-0.05, 0) is 51.3 Å². The van der Waals surface area contributed by atoms with Gasteiger partial charge in [-0.15, -0.1) is 11.3 Å². The Morgan fingerprint density at radius 1 is 1.28 bits per heavy atom.